The minimum absolute atomic E-state index is 0.0594. The molecule has 1 rings (SSSR count). The SMILES string of the molecule is Cc1nc(C(=O)NCCCC(C)CBr)cs1. The fraction of sp³-hybridized carbons (Fsp3) is 0.636. The van der Waals surface area contributed by atoms with E-state index in [0.29, 0.717) is 11.6 Å². The van der Waals surface area contributed by atoms with Crippen LogP contribution in [0.1, 0.15) is 35.3 Å². The second kappa shape index (κ2) is 7.01. The van der Waals surface area contributed by atoms with Crippen molar-refractivity contribution in [1.82, 2.24) is 10.3 Å². The molecule has 1 aromatic rings. The molecule has 0 aromatic carbocycles. The summed E-state index contributed by atoms with van der Waals surface area (Å²) in [7, 11) is 0. The highest BCUT2D eigenvalue weighted by molar-refractivity contribution is 9.09. The molecule has 0 spiro atoms. The number of hydrogen-bond donors (Lipinski definition) is 1. The largest absolute Gasteiger partial charge is 0.351 e. The number of aromatic nitrogens is 1. The second-order valence-corrected chi connectivity index (χ2v) is 5.62. The van der Waals surface area contributed by atoms with Crippen LogP contribution in [0.5, 0.6) is 0 Å². The Morgan fingerprint density at radius 2 is 2.44 bits per heavy atom. The van der Waals surface area contributed by atoms with E-state index in [1.807, 2.05) is 6.92 Å². The van der Waals surface area contributed by atoms with Gasteiger partial charge in [-0.3, -0.25) is 4.79 Å². The number of rotatable bonds is 6. The summed E-state index contributed by atoms with van der Waals surface area (Å²) in [5.41, 5.74) is 0.538. The third-order valence-electron chi connectivity index (χ3n) is 2.27. The van der Waals surface area contributed by atoms with Gasteiger partial charge in [0.2, 0.25) is 0 Å². The summed E-state index contributed by atoms with van der Waals surface area (Å²) < 4.78 is 0. The van der Waals surface area contributed by atoms with Crippen molar-refractivity contribution in [2.45, 2.75) is 26.7 Å². The average molecular weight is 305 g/mol. The molecule has 1 amide bonds. The van der Waals surface area contributed by atoms with Crippen LogP contribution >= 0.6 is 27.3 Å². The van der Waals surface area contributed by atoms with Crippen molar-refractivity contribution >= 4 is 33.2 Å². The summed E-state index contributed by atoms with van der Waals surface area (Å²) in [6.45, 7) is 4.83. The first-order valence-electron chi connectivity index (χ1n) is 5.39. The summed E-state index contributed by atoms with van der Waals surface area (Å²) in [6.07, 6.45) is 2.14. The van der Waals surface area contributed by atoms with E-state index < -0.39 is 0 Å². The van der Waals surface area contributed by atoms with Crippen molar-refractivity contribution in [3.63, 3.8) is 0 Å². The van der Waals surface area contributed by atoms with Crippen LogP contribution in [0.4, 0.5) is 0 Å². The molecular weight excluding hydrogens is 288 g/mol. The molecule has 0 aliphatic carbocycles. The van der Waals surface area contributed by atoms with Gasteiger partial charge in [0.05, 0.1) is 5.01 Å². The third kappa shape index (κ3) is 4.61. The number of nitrogens with one attached hydrogen (secondary N) is 1. The highest BCUT2D eigenvalue weighted by atomic mass is 79.9. The van der Waals surface area contributed by atoms with Crippen molar-refractivity contribution in [2.24, 2.45) is 5.92 Å². The van der Waals surface area contributed by atoms with Gasteiger partial charge in [-0.2, -0.15) is 0 Å². The Morgan fingerprint density at radius 3 is 3.00 bits per heavy atom. The van der Waals surface area contributed by atoms with E-state index >= 15 is 0 Å². The monoisotopic (exact) mass is 304 g/mol. The van der Waals surface area contributed by atoms with Crippen LogP contribution in [0.2, 0.25) is 0 Å². The number of hydrogen-bond acceptors (Lipinski definition) is 3. The Balaban J connectivity index is 2.21. The second-order valence-electron chi connectivity index (χ2n) is 3.91. The number of carbonyl (C=O) groups excluding carboxylic acids is 1. The van der Waals surface area contributed by atoms with E-state index in [1.54, 1.807) is 5.38 Å². The Hall–Kier alpha value is -0.420. The van der Waals surface area contributed by atoms with E-state index in [4.69, 9.17) is 0 Å². The van der Waals surface area contributed by atoms with Gasteiger partial charge in [0.25, 0.3) is 5.91 Å². The lowest BCUT2D eigenvalue weighted by Crippen LogP contribution is -2.25. The minimum Gasteiger partial charge on any atom is -0.351 e. The molecule has 0 saturated carbocycles. The van der Waals surface area contributed by atoms with Crippen molar-refractivity contribution in [2.75, 3.05) is 11.9 Å². The van der Waals surface area contributed by atoms with Crippen LogP contribution in [0.3, 0.4) is 0 Å². The van der Waals surface area contributed by atoms with Crippen LogP contribution in [0.15, 0.2) is 5.38 Å². The van der Waals surface area contributed by atoms with Gasteiger partial charge in [0, 0.05) is 17.3 Å². The van der Waals surface area contributed by atoms with E-state index in [-0.39, 0.29) is 5.91 Å². The van der Waals surface area contributed by atoms with Gasteiger partial charge in [0.1, 0.15) is 5.69 Å². The summed E-state index contributed by atoms with van der Waals surface area (Å²) in [6, 6.07) is 0. The normalized spacial score (nSPS) is 12.4. The summed E-state index contributed by atoms with van der Waals surface area (Å²) in [5, 5.41) is 6.63. The first kappa shape index (κ1) is 13.6. The predicted molar refractivity (Wildman–Crippen MR) is 71.4 cm³/mol. The van der Waals surface area contributed by atoms with Crippen LogP contribution in [-0.2, 0) is 0 Å². The van der Waals surface area contributed by atoms with E-state index in [2.05, 4.69) is 33.2 Å². The van der Waals surface area contributed by atoms with Gasteiger partial charge in [-0.15, -0.1) is 11.3 Å². The Labute approximate surface area is 109 Å². The minimum atomic E-state index is -0.0594. The molecular formula is C11H17BrN2OS. The van der Waals surface area contributed by atoms with Gasteiger partial charge in [-0.1, -0.05) is 22.9 Å². The van der Waals surface area contributed by atoms with E-state index in [1.165, 1.54) is 11.3 Å². The molecule has 0 aliphatic heterocycles. The number of thiazole rings is 1. The number of nitrogens with zero attached hydrogens (tertiary/aromatic N) is 1. The molecule has 1 atom stereocenters. The van der Waals surface area contributed by atoms with Gasteiger partial charge >= 0.3 is 0 Å². The molecule has 16 heavy (non-hydrogen) atoms. The first-order valence-corrected chi connectivity index (χ1v) is 7.40. The smallest absolute Gasteiger partial charge is 0.270 e. The van der Waals surface area contributed by atoms with Crippen molar-refractivity contribution < 1.29 is 4.79 Å². The lowest BCUT2D eigenvalue weighted by molar-refractivity contribution is 0.0948. The standard InChI is InChI=1S/C11H17BrN2OS/c1-8(6-12)4-3-5-13-11(15)10-7-16-9(2)14-10/h7-8H,3-6H2,1-2H3,(H,13,15). The molecule has 1 unspecified atom stereocenters. The lowest BCUT2D eigenvalue weighted by Gasteiger charge is -2.07. The highest BCUT2D eigenvalue weighted by Gasteiger charge is 2.08. The fourth-order valence-corrected chi connectivity index (χ4v) is 2.20. The number of amides is 1. The van der Waals surface area contributed by atoms with Crippen molar-refractivity contribution in [3.8, 4) is 0 Å². The molecule has 1 heterocycles. The zero-order valence-corrected chi connectivity index (χ0v) is 12.0. The highest BCUT2D eigenvalue weighted by Crippen LogP contribution is 2.09. The quantitative estimate of drug-likeness (QED) is 0.648. The zero-order chi connectivity index (χ0) is 12.0. The Bertz CT molecular complexity index is 340. The number of alkyl halides is 1. The first-order chi connectivity index (χ1) is 7.63. The fourth-order valence-electron chi connectivity index (χ4n) is 1.29. The van der Waals surface area contributed by atoms with Crippen molar-refractivity contribution in [1.29, 1.82) is 0 Å². The van der Waals surface area contributed by atoms with Crippen LogP contribution in [0.25, 0.3) is 0 Å². The number of carbonyl (C=O) groups is 1. The zero-order valence-electron chi connectivity index (χ0n) is 9.62. The lowest BCUT2D eigenvalue weighted by atomic mass is 10.1. The maximum absolute atomic E-state index is 11.6. The molecule has 1 N–H and O–H groups in total. The van der Waals surface area contributed by atoms with Crippen molar-refractivity contribution in [3.05, 3.63) is 16.1 Å². The molecule has 5 heteroatoms. The molecule has 1 aromatic heterocycles. The van der Waals surface area contributed by atoms with Gasteiger partial charge in [-0.25, -0.2) is 4.98 Å². The van der Waals surface area contributed by atoms with Crippen LogP contribution in [0, 0.1) is 12.8 Å². The molecule has 0 aliphatic rings. The molecule has 0 bridgehead atoms. The van der Waals surface area contributed by atoms with Crippen LogP contribution < -0.4 is 5.32 Å². The number of halogens is 1. The van der Waals surface area contributed by atoms with Gasteiger partial charge in [-0.05, 0) is 25.7 Å². The molecule has 90 valence electrons. The maximum Gasteiger partial charge on any atom is 0.270 e. The molecule has 0 radical (unpaired) electrons. The Kier molecular flexibility index (Phi) is 5.98. The molecule has 3 nitrogen and oxygen atoms in total. The van der Waals surface area contributed by atoms with Gasteiger partial charge in [0.15, 0.2) is 0 Å². The molecule has 0 saturated heterocycles. The summed E-state index contributed by atoms with van der Waals surface area (Å²) in [5.74, 6) is 0.606. The predicted octanol–water partition coefficient (Wildman–Crippen LogP) is 2.99. The van der Waals surface area contributed by atoms with E-state index in [0.717, 1.165) is 29.7 Å². The molecule has 0 fully saturated rings. The summed E-state index contributed by atoms with van der Waals surface area (Å²) >= 11 is 4.94. The summed E-state index contributed by atoms with van der Waals surface area (Å²) in [4.78, 5) is 15.7. The maximum atomic E-state index is 11.6. The Morgan fingerprint density at radius 1 is 1.69 bits per heavy atom. The van der Waals surface area contributed by atoms with E-state index in [9.17, 15) is 4.79 Å². The van der Waals surface area contributed by atoms with Crippen LogP contribution in [-0.4, -0.2) is 22.8 Å². The topological polar surface area (TPSA) is 42.0 Å². The third-order valence-corrected chi connectivity index (χ3v) is 4.15. The number of aryl methyl sites for hydroxylation is 1. The van der Waals surface area contributed by atoms with Gasteiger partial charge < -0.3 is 5.32 Å². The average Bonchev–Trinajstić information content (AvgIpc) is 2.70.